The fourth-order valence-electron chi connectivity index (χ4n) is 1.82. The van der Waals surface area contributed by atoms with E-state index in [4.69, 9.17) is 4.74 Å². The smallest absolute Gasteiger partial charge is 0.346 e. The van der Waals surface area contributed by atoms with Crippen molar-refractivity contribution in [2.24, 2.45) is 0 Å². The molecule has 0 saturated carbocycles. The molecule has 1 aromatic heterocycles. The number of carboxylic acids is 1. The third-order valence-electron chi connectivity index (χ3n) is 2.67. The van der Waals surface area contributed by atoms with Gasteiger partial charge in [-0.1, -0.05) is 12.1 Å². The Morgan fingerprint density at radius 2 is 2.32 bits per heavy atom. The predicted octanol–water partition coefficient (Wildman–Crippen LogP) is 3.83. The van der Waals surface area contributed by atoms with Crippen LogP contribution < -0.4 is 0 Å². The molecule has 0 spiro atoms. The summed E-state index contributed by atoms with van der Waals surface area (Å²) < 4.78 is 19.8. The Hall–Kier alpha value is -1.72. The average Bonchev–Trinajstić information content (AvgIpc) is 2.75. The van der Waals surface area contributed by atoms with E-state index in [9.17, 15) is 14.3 Å². The molecule has 0 fully saturated rings. The van der Waals surface area contributed by atoms with Crippen LogP contribution in [0.3, 0.4) is 0 Å². The summed E-state index contributed by atoms with van der Waals surface area (Å²) in [4.78, 5) is 11.3. The highest BCUT2D eigenvalue weighted by atomic mass is 32.1. The topological polar surface area (TPSA) is 46.5 Å². The Morgan fingerprint density at radius 3 is 3.00 bits per heavy atom. The number of halogens is 1. The number of carbonyl (C=O) groups is 1. The number of carboxylic acid groups (broad SMARTS) is 1. The van der Waals surface area contributed by atoms with Crippen molar-refractivity contribution in [1.29, 1.82) is 0 Å². The lowest BCUT2D eigenvalue weighted by Crippen LogP contribution is -2.01. The maximum atomic E-state index is 13.8. The van der Waals surface area contributed by atoms with E-state index in [2.05, 4.69) is 6.58 Å². The van der Waals surface area contributed by atoms with Crippen LogP contribution in [0.15, 0.2) is 30.9 Å². The number of hydrogen-bond acceptors (Lipinski definition) is 3. The molecule has 0 aliphatic rings. The maximum Gasteiger partial charge on any atom is 0.346 e. The minimum Gasteiger partial charge on any atom is -0.477 e. The molecule has 0 saturated heterocycles. The van der Waals surface area contributed by atoms with E-state index in [0.717, 1.165) is 11.3 Å². The number of rotatable bonds is 6. The minimum atomic E-state index is -1.05. The molecule has 0 aliphatic heterocycles. The minimum absolute atomic E-state index is 0.0937. The predicted molar refractivity (Wildman–Crippen MR) is 73.2 cm³/mol. The molecular weight excluding hydrogens is 267 g/mol. The molecule has 1 aromatic carbocycles. The summed E-state index contributed by atoms with van der Waals surface area (Å²) in [5.74, 6) is -1.47. The zero-order valence-corrected chi connectivity index (χ0v) is 11.0. The van der Waals surface area contributed by atoms with Gasteiger partial charge in [0, 0.05) is 15.6 Å². The van der Waals surface area contributed by atoms with Crippen LogP contribution in [0.5, 0.6) is 0 Å². The second-order valence-electron chi connectivity index (χ2n) is 3.96. The zero-order valence-electron chi connectivity index (χ0n) is 10.2. The summed E-state index contributed by atoms with van der Waals surface area (Å²) in [5, 5.41) is 9.53. The first kappa shape index (κ1) is 13.7. The van der Waals surface area contributed by atoms with Gasteiger partial charge in [-0.3, -0.25) is 0 Å². The Bertz CT molecular complexity index is 618. The van der Waals surface area contributed by atoms with Crippen molar-refractivity contribution < 1.29 is 19.0 Å². The number of ether oxygens (including phenoxy) is 1. The zero-order chi connectivity index (χ0) is 13.8. The van der Waals surface area contributed by atoms with E-state index in [0.29, 0.717) is 28.7 Å². The molecule has 0 radical (unpaired) electrons. The molecule has 5 heteroatoms. The summed E-state index contributed by atoms with van der Waals surface area (Å²) >= 11 is 1.07. The van der Waals surface area contributed by atoms with Gasteiger partial charge in [0.2, 0.25) is 0 Å². The number of hydrogen-bond donors (Lipinski definition) is 1. The van der Waals surface area contributed by atoms with E-state index in [1.165, 1.54) is 6.07 Å². The van der Waals surface area contributed by atoms with Gasteiger partial charge >= 0.3 is 5.97 Å². The molecule has 0 aliphatic carbocycles. The summed E-state index contributed by atoms with van der Waals surface area (Å²) in [6, 6.07) is 4.61. The van der Waals surface area contributed by atoms with Crippen LogP contribution in [0, 0.1) is 5.82 Å². The van der Waals surface area contributed by atoms with Gasteiger partial charge in [0.05, 0.1) is 13.2 Å². The highest BCUT2D eigenvalue weighted by Gasteiger charge is 2.20. The van der Waals surface area contributed by atoms with Crippen molar-refractivity contribution in [2.75, 3.05) is 6.61 Å². The molecule has 2 aromatic rings. The third-order valence-corrected chi connectivity index (χ3v) is 3.86. The molecule has 2 rings (SSSR count). The van der Waals surface area contributed by atoms with Gasteiger partial charge in [0.25, 0.3) is 0 Å². The van der Waals surface area contributed by atoms with Crippen molar-refractivity contribution in [3.05, 3.63) is 47.1 Å². The monoisotopic (exact) mass is 280 g/mol. The average molecular weight is 280 g/mol. The van der Waals surface area contributed by atoms with Gasteiger partial charge in [0.1, 0.15) is 10.7 Å². The number of thiophene rings is 1. The van der Waals surface area contributed by atoms with Gasteiger partial charge in [-0.25, -0.2) is 9.18 Å². The highest BCUT2D eigenvalue weighted by molar-refractivity contribution is 7.21. The fraction of sp³-hybridized carbons (Fsp3) is 0.214. The summed E-state index contributed by atoms with van der Waals surface area (Å²) in [7, 11) is 0. The molecule has 1 N–H and O–H groups in total. The lowest BCUT2D eigenvalue weighted by molar-refractivity contribution is 0.0694. The summed E-state index contributed by atoms with van der Waals surface area (Å²) in [6.45, 7) is 4.11. The first-order valence-corrected chi connectivity index (χ1v) is 6.58. The first-order valence-electron chi connectivity index (χ1n) is 5.77. The second-order valence-corrected chi connectivity index (χ2v) is 5.01. The van der Waals surface area contributed by atoms with Crippen LogP contribution in [-0.4, -0.2) is 17.7 Å². The van der Waals surface area contributed by atoms with E-state index in [1.54, 1.807) is 18.2 Å². The largest absolute Gasteiger partial charge is 0.477 e. The Morgan fingerprint density at radius 1 is 1.53 bits per heavy atom. The van der Waals surface area contributed by atoms with Crippen LogP contribution in [-0.2, 0) is 11.3 Å². The van der Waals surface area contributed by atoms with E-state index >= 15 is 0 Å². The van der Waals surface area contributed by atoms with Gasteiger partial charge in [0.15, 0.2) is 0 Å². The molecule has 0 amide bonds. The quantitative estimate of drug-likeness (QED) is 0.646. The number of fused-ring (bicyclic) bond motifs is 1. The molecule has 100 valence electrons. The van der Waals surface area contributed by atoms with Crippen molar-refractivity contribution >= 4 is 27.4 Å². The summed E-state index contributed by atoms with van der Waals surface area (Å²) in [6.07, 6.45) is 2.39. The van der Waals surface area contributed by atoms with Crippen LogP contribution >= 0.6 is 11.3 Å². The molecular formula is C14H13FO3S. The highest BCUT2D eigenvalue weighted by Crippen LogP contribution is 2.33. The van der Waals surface area contributed by atoms with Crippen LogP contribution in [0.25, 0.3) is 10.1 Å². The van der Waals surface area contributed by atoms with Gasteiger partial charge in [-0.2, -0.15) is 0 Å². The lowest BCUT2D eigenvalue weighted by Gasteiger charge is -2.04. The Labute approximate surface area is 113 Å². The van der Waals surface area contributed by atoms with Crippen molar-refractivity contribution in [1.82, 2.24) is 0 Å². The Balaban J connectivity index is 2.40. The maximum absolute atomic E-state index is 13.8. The molecule has 0 unspecified atom stereocenters. The standard InChI is InChI=1S/C14H13FO3S/c1-2-3-7-18-8-9-12-10(15)5-4-6-11(12)19-13(9)14(16)17/h2,4-6H,1,3,7-8H2,(H,16,17). The fourth-order valence-corrected chi connectivity index (χ4v) is 2.88. The van der Waals surface area contributed by atoms with Crippen molar-refractivity contribution in [2.45, 2.75) is 13.0 Å². The lowest BCUT2D eigenvalue weighted by atomic mass is 10.1. The molecule has 0 bridgehead atoms. The first-order chi connectivity index (χ1) is 9.15. The van der Waals surface area contributed by atoms with Crippen LogP contribution in [0.2, 0.25) is 0 Å². The van der Waals surface area contributed by atoms with Gasteiger partial charge in [-0.05, 0) is 18.6 Å². The molecule has 0 atom stereocenters. The van der Waals surface area contributed by atoms with Gasteiger partial charge < -0.3 is 9.84 Å². The van der Waals surface area contributed by atoms with Gasteiger partial charge in [-0.15, -0.1) is 17.9 Å². The molecule has 1 heterocycles. The second kappa shape index (κ2) is 5.95. The Kier molecular flexibility index (Phi) is 4.29. The summed E-state index contributed by atoms with van der Waals surface area (Å²) in [5.41, 5.74) is 0.412. The molecule has 3 nitrogen and oxygen atoms in total. The third kappa shape index (κ3) is 2.83. The van der Waals surface area contributed by atoms with Crippen molar-refractivity contribution in [3.8, 4) is 0 Å². The van der Waals surface area contributed by atoms with E-state index < -0.39 is 11.8 Å². The van der Waals surface area contributed by atoms with Crippen LogP contribution in [0.1, 0.15) is 21.7 Å². The SMILES string of the molecule is C=CCCOCc1c(C(=O)O)sc2cccc(F)c12. The van der Waals surface area contributed by atoms with Crippen molar-refractivity contribution in [3.63, 3.8) is 0 Å². The van der Waals surface area contributed by atoms with E-state index in [1.807, 2.05) is 0 Å². The molecule has 19 heavy (non-hydrogen) atoms. The normalized spacial score (nSPS) is 10.8. The van der Waals surface area contributed by atoms with E-state index in [-0.39, 0.29) is 11.5 Å². The number of benzene rings is 1. The van der Waals surface area contributed by atoms with Crippen LogP contribution in [0.4, 0.5) is 4.39 Å². The number of aromatic carboxylic acids is 1.